The topological polar surface area (TPSA) is 245 Å². The van der Waals surface area contributed by atoms with Gasteiger partial charge in [-0.3, -0.25) is 24.0 Å². The second kappa shape index (κ2) is 15.1. The molecule has 0 aliphatic carbocycles. The van der Waals surface area contributed by atoms with E-state index in [-0.39, 0.29) is 19.3 Å². The molecule has 0 aromatic heterocycles. The molecule has 0 aliphatic heterocycles. The number of amides is 3. The van der Waals surface area contributed by atoms with E-state index in [4.69, 9.17) is 15.9 Å². The van der Waals surface area contributed by atoms with E-state index < -0.39 is 79.2 Å². The number of aliphatic hydroxyl groups excluding tert-OH is 1. The summed E-state index contributed by atoms with van der Waals surface area (Å²) < 4.78 is 0. The zero-order valence-corrected chi connectivity index (χ0v) is 19.3. The van der Waals surface area contributed by atoms with Crippen LogP contribution < -0.4 is 21.7 Å². The van der Waals surface area contributed by atoms with Crippen molar-refractivity contribution < 1.29 is 49.2 Å². The summed E-state index contributed by atoms with van der Waals surface area (Å²) in [5.74, 6) is -6.72. The Kier molecular flexibility index (Phi) is 12.5. The van der Waals surface area contributed by atoms with Crippen LogP contribution in [0.4, 0.5) is 0 Å². The normalized spacial score (nSPS) is 13.9. The van der Waals surface area contributed by atoms with E-state index in [1.54, 1.807) is 30.3 Å². The quantitative estimate of drug-likeness (QED) is 0.119. The lowest BCUT2D eigenvalue weighted by molar-refractivity contribution is -0.144. The van der Waals surface area contributed by atoms with E-state index in [2.05, 4.69) is 16.0 Å². The second-order valence-electron chi connectivity index (χ2n) is 7.87. The Bertz CT molecular complexity index is 940. The number of carboxylic acids is 3. The van der Waals surface area contributed by atoms with Crippen molar-refractivity contribution >= 4 is 35.6 Å². The monoisotopic (exact) mass is 510 g/mol. The van der Waals surface area contributed by atoms with Crippen molar-refractivity contribution in [1.82, 2.24) is 16.0 Å². The van der Waals surface area contributed by atoms with Crippen LogP contribution in [0.1, 0.15) is 31.2 Å². The molecule has 3 amide bonds. The highest BCUT2D eigenvalue weighted by atomic mass is 16.4. The molecule has 9 N–H and O–H groups in total. The molecule has 1 rings (SSSR count). The first kappa shape index (κ1) is 30.0. The lowest BCUT2D eigenvalue weighted by Gasteiger charge is -2.24. The third-order valence-corrected chi connectivity index (χ3v) is 5.00. The SMILES string of the molecule is NC(CCC(=O)O)C(=O)NC(Cc1ccccc1)C(=O)NC(CO)C(=O)NC(CCC(=O)O)C(=O)O. The highest BCUT2D eigenvalue weighted by molar-refractivity contribution is 5.94. The number of nitrogens with one attached hydrogen (secondary N) is 3. The van der Waals surface area contributed by atoms with Crippen LogP contribution in [0.15, 0.2) is 30.3 Å². The summed E-state index contributed by atoms with van der Waals surface area (Å²) in [5.41, 5.74) is 6.33. The number of carbonyl (C=O) groups is 6. The molecule has 0 radical (unpaired) electrons. The molecule has 1 aromatic carbocycles. The number of carboxylic acid groups (broad SMARTS) is 3. The first-order chi connectivity index (χ1) is 16.9. The Balaban J connectivity index is 2.96. The third kappa shape index (κ3) is 10.9. The number of rotatable bonds is 16. The fourth-order valence-corrected chi connectivity index (χ4v) is 3.01. The Morgan fingerprint density at radius 1 is 0.722 bits per heavy atom. The summed E-state index contributed by atoms with van der Waals surface area (Å²) in [6.07, 6.45) is -1.57. The summed E-state index contributed by atoms with van der Waals surface area (Å²) in [7, 11) is 0. The first-order valence-electron chi connectivity index (χ1n) is 10.9. The molecule has 198 valence electrons. The summed E-state index contributed by atoms with van der Waals surface area (Å²) in [5, 5.41) is 43.0. The standard InChI is InChI=1S/C22H30N4O10/c23-13(6-8-17(28)29)19(32)25-15(10-12-4-2-1-3-5-12)20(33)26-16(11-27)21(34)24-14(22(35)36)7-9-18(30)31/h1-5,13-16,27H,6-11,23H2,(H,24,34)(H,25,32)(H,26,33)(H,28,29)(H,30,31)(H,35,36). The van der Waals surface area contributed by atoms with Crippen LogP contribution in [0.5, 0.6) is 0 Å². The van der Waals surface area contributed by atoms with Crippen molar-refractivity contribution in [2.75, 3.05) is 6.61 Å². The minimum atomic E-state index is -1.61. The minimum absolute atomic E-state index is 0.0415. The van der Waals surface area contributed by atoms with Gasteiger partial charge >= 0.3 is 17.9 Å². The Morgan fingerprint density at radius 3 is 1.75 bits per heavy atom. The molecule has 14 nitrogen and oxygen atoms in total. The number of hydrogen-bond acceptors (Lipinski definition) is 8. The molecule has 0 saturated heterocycles. The van der Waals surface area contributed by atoms with Gasteiger partial charge in [0.25, 0.3) is 0 Å². The van der Waals surface area contributed by atoms with Crippen molar-refractivity contribution in [3.05, 3.63) is 35.9 Å². The molecule has 36 heavy (non-hydrogen) atoms. The zero-order chi connectivity index (χ0) is 27.3. The zero-order valence-electron chi connectivity index (χ0n) is 19.3. The molecule has 0 bridgehead atoms. The van der Waals surface area contributed by atoms with Gasteiger partial charge in [-0.25, -0.2) is 4.79 Å². The number of aliphatic hydroxyl groups is 1. The molecule has 0 saturated carbocycles. The molecule has 0 spiro atoms. The van der Waals surface area contributed by atoms with Crippen LogP contribution in [-0.2, 0) is 35.2 Å². The fraction of sp³-hybridized carbons (Fsp3) is 0.455. The van der Waals surface area contributed by atoms with Crippen molar-refractivity contribution in [3.63, 3.8) is 0 Å². The van der Waals surface area contributed by atoms with Gasteiger partial charge in [0.2, 0.25) is 17.7 Å². The van der Waals surface area contributed by atoms with E-state index in [1.807, 2.05) is 0 Å². The fourth-order valence-electron chi connectivity index (χ4n) is 3.01. The predicted molar refractivity (Wildman–Crippen MR) is 122 cm³/mol. The van der Waals surface area contributed by atoms with Gasteiger partial charge in [-0.05, 0) is 18.4 Å². The number of aliphatic carboxylic acids is 3. The maximum Gasteiger partial charge on any atom is 0.326 e. The summed E-state index contributed by atoms with van der Waals surface area (Å²) in [6.45, 7) is -0.924. The Morgan fingerprint density at radius 2 is 1.22 bits per heavy atom. The van der Waals surface area contributed by atoms with Crippen LogP contribution in [-0.4, -0.2) is 86.8 Å². The van der Waals surface area contributed by atoms with E-state index in [0.717, 1.165) is 0 Å². The van der Waals surface area contributed by atoms with Gasteiger partial charge in [-0.2, -0.15) is 0 Å². The smallest absolute Gasteiger partial charge is 0.326 e. The van der Waals surface area contributed by atoms with E-state index in [1.165, 1.54) is 0 Å². The van der Waals surface area contributed by atoms with E-state index in [0.29, 0.717) is 5.56 Å². The second-order valence-corrected chi connectivity index (χ2v) is 7.87. The first-order valence-corrected chi connectivity index (χ1v) is 10.9. The van der Waals surface area contributed by atoms with Crippen molar-refractivity contribution in [2.45, 2.75) is 56.3 Å². The molecule has 14 heteroatoms. The molecule has 0 fully saturated rings. The summed E-state index contributed by atoms with van der Waals surface area (Å²) in [4.78, 5) is 70.6. The average Bonchev–Trinajstić information content (AvgIpc) is 2.82. The minimum Gasteiger partial charge on any atom is -0.481 e. The molecular weight excluding hydrogens is 480 g/mol. The predicted octanol–water partition coefficient (Wildman–Crippen LogP) is -2.18. The van der Waals surface area contributed by atoms with Crippen molar-refractivity contribution in [2.24, 2.45) is 5.73 Å². The Hall–Kier alpha value is -4.04. The average molecular weight is 511 g/mol. The van der Waals surface area contributed by atoms with Crippen LogP contribution in [0.25, 0.3) is 0 Å². The number of carbonyl (C=O) groups excluding carboxylic acids is 3. The molecule has 0 aliphatic rings. The van der Waals surface area contributed by atoms with Gasteiger partial charge in [0.15, 0.2) is 0 Å². The third-order valence-electron chi connectivity index (χ3n) is 5.00. The largest absolute Gasteiger partial charge is 0.481 e. The Labute approximate surface area is 205 Å². The highest BCUT2D eigenvalue weighted by Crippen LogP contribution is 2.06. The molecule has 0 heterocycles. The van der Waals surface area contributed by atoms with Crippen LogP contribution in [0.2, 0.25) is 0 Å². The van der Waals surface area contributed by atoms with Gasteiger partial charge in [-0.15, -0.1) is 0 Å². The highest BCUT2D eigenvalue weighted by Gasteiger charge is 2.30. The molecule has 4 unspecified atom stereocenters. The summed E-state index contributed by atoms with van der Waals surface area (Å²) >= 11 is 0. The van der Waals surface area contributed by atoms with Crippen LogP contribution >= 0.6 is 0 Å². The lowest BCUT2D eigenvalue weighted by Crippen LogP contribution is -2.58. The van der Waals surface area contributed by atoms with E-state index in [9.17, 15) is 39.0 Å². The van der Waals surface area contributed by atoms with E-state index >= 15 is 0 Å². The van der Waals surface area contributed by atoms with Gasteiger partial charge in [0.05, 0.1) is 12.6 Å². The maximum absolute atomic E-state index is 12.9. The molecule has 1 aromatic rings. The molecular formula is C22H30N4O10. The van der Waals surface area contributed by atoms with Gasteiger partial charge in [0.1, 0.15) is 18.1 Å². The van der Waals surface area contributed by atoms with Gasteiger partial charge in [0, 0.05) is 19.3 Å². The lowest BCUT2D eigenvalue weighted by atomic mass is 10.0. The van der Waals surface area contributed by atoms with Crippen LogP contribution in [0.3, 0.4) is 0 Å². The number of nitrogens with two attached hydrogens (primary N) is 1. The number of hydrogen-bond donors (Lipinski definition) is 8. The van der Waals surface area contributed by atoms with Crippen LogP contribution in [0, 0.1) is 0 Å². The van der Waals surface area contributed by atoms with Gasteiger partial charge in [-0.1, -0.05) is 30.3 Å². The van der Waals surface area contributed by atoms with Crippen molar-refractivity contribution in [3.8, 4) is 0 Å². The summed E-state index contributed by atoms with van der Waals surface area (Å²) in [6, 6.07) is 2.77. The maximum atomic E-state index is 12.9. The number of benzene rings is 1. The van der Waals surface area contributed by atoms with Crippen molar-refractivity contribution in [1.29, 1.82) is 0 Å². The molecule has 4 atom stereocenters. The van der Waals surface area contributed by atoms with Gasteiger partial charge < -0.3 is 42.1 Å².